The molecule has 0 bridgehead atoms. The van der Waals surface area contributed by atoms with Crippen molar-refractivity contribution in [2.75, 3.05) is 11.9 Å². The zero-order valence-corrected chi connectivity index (χ0v) is 26.1. The van der Waals surface area contributed by atoms with Crippen molar-refractivity contribution in [3.8, 4) is 6.07 Å². The maximum atomic E-state index is 13.4. The molecule has 3 aromatic rings. The summed E-state index contributed by atoms with van der Waals surface area (Å²) in [6.07, 6.45) is 3.36. The largest absolute Gasteiger partial charge is 0.333 e. The molecule has 2 atom stereocenters. The molecular formula is C33H41ClN6O2. The van der Waals surface area contributed by atoms with Gasteiger partial charge in [-0.1, -0.05) is 58.4 Å². The summed E-state index contributed by atoms with van der Waals surface area (Å²) in [6.45, 7) is 14.4. The number of hydrogen-bond acceptors (Lipinski definition) is 5. The van der Waals surface area contributed by atoms with Crippen LogP contribution in [0.1, 0.15) is 70.3 Å². The number of carbonyl (C=O) groups is 2. The quantitative estimate of drug-likeness (QED) is 0.217. The molecule has 222 valence electrons. The van der Waals surface area contributed by atoms with Gasteiger partial charge in [0.1, 0.15) is 11.6 Å². The minimum absolute atomic E-state index is 0.0898. The SMILES string of the molecule is CC(C)C=C(C#N)C(=O)N1CCCC1Cn1c(NC(=O)c2ccc(Cl)cc2)nc2cc(CNC(C)C(C)(C)C)ccc21. The van der Waals surface area contributed by atoms with Gasteiger partial charge >= 0.3 is 0 Å². The number of nitrogens with one attached hydrogen (secondary N) is 2. The number of halogens is 1. The lowest BCUT2D eigenvalue weighted by Crippen LogP contribution is -2.39. The maximum absolute atomic E-state index is 13.4. The van der Waals surface area contributed by atoms with E-state index in [4.69, 9.17) is 16.6 Å². The molecule has 0 spiro atoms. The van der Waals surface area contributed by atoms with E-state index < -0.39 is 0 Å². The highest BCUT2D eigenvalue weighted by Crippen LogP contribution is 2.28. The summed E-state index contributed by atoms with van der Waals surface area (Å²) in [5.41, 5.74) is 3.49. The van der Waals surface area contributed by atoms with Crippen LogP contribution in [-0.4, -0.2) is 44.9 Å². The molecule has 42 heavy (non-hydrogen) atoms. The monoisotopic (exact) mass is 588 g/mol. The van der Waals surface area contributed by atoms with E-state index in [0.717, 1.165) is 29.4 Å². The second kappa shape index (κ2) is 13.1. The smallest absolute Gasteiger partial charge is 0.264 e. The van der Waals surface area contributed by atoms with E-state index in [1.54, 1.807) is 35.2 Å². The number of imidazole rings is 1. The fourth-order valence-corrected chi connectivity index (χ4v) is 5.19. The first-order valence-electron chi connectivity index (χ1n) is 14.6. The number of fused-ring (bicyclic) bond motifs is 1. The third-order valence-corrected chi connectivity index (χ3v) is 8.19. The number of carbonyl (C=O) groups excluding carboxylic acids is 2. The van der Waals surface area contributed by atoms with E-state index in [9.17, 15) is 14.9 Å². The second-order valence-corrected chi connectivity index (χ2v) is 13.0. The number of benzene rings is 2. The van der Waals surface area contributed by atoms with Crippen LogP contribution in [0.25, 0.3) is 11.0 Å². The van der Waals surface area contributed by atoms with Gasteiger partial charge in [-0.05, 0) is 73.1 Å². The Bertz CT molecular complexity index is 1510. The van der Waals surface area contributed by atoms with Crippen molar-refractivity contribution in [3.63, 3.8) is 0 Å². The van der Waals surface area contributed by atoms with E-state index in [1.165, 1.54) is 0 Å². The number of nitrogens with zero attached hydrogens (tertiary/aromatic N) is 4. The van der Waals surface area contributed by atoms with Crippen molar-refractivity contribution in [2.45, 2.75) is 79.6 Å². The highest BCUT2D eigenvalue weighted by Gasteiger charge is 2.32. The fraction of sp³-hybridized carbons (Fsp3) is 0.455. The summed E-state index contributed by atoms with van der Waals surface area (Å²) in [5, 5.41) is 16.8. The second-order valence-electron chi connectivity index (χ2n) is 12.5. The van der Waals surface area contributed by atoms with Crippen molar-refractivity contribution < 1.29 is 9.59 Å². The zero-order valence-electron chi connectivity index (χ0n) is 25.4. The van der Waals surface area contributed by atoms with Gasteiger partial charge in [-0.15, -0.1) is 0 Å². The van der Waals surface area contributed by atoms with E-state index in [2.05, 4.69) is 50.5 Å². The topological polar surface area (TPSA) is 103 Å². The molecule has 4 rings (SSSR count). The van der Waals surface area contributed by atoms with E-state index in [-0.39, 0.29) is 34.8 Å². The van der Waals surface area contributed by atoms with Crippen LogP contribution in [0.2, 0.25) is 5.02 Å². The predicted octanol–water partition coefficient (Wildman–Crippen LogP) is 6.56. The Balaban J connectivity index is 1.66. The third-order valence-electron chi connectivity index (χ3n) is 7.94. The minimum atomic E-state index is -0.296. The molecule has 9 heteroatoms. The summed E-state index contributed by atoms with van der Waals surface area (Å²) in [4.78, 5) is 33.2. The fourth-order valence-electron chi connectivity index (χ4n) is 5.07. The molecule has 1 aliphatic rings. The van der Waals surface area contributed by atoms with Crippen LogP contribution in [-0.2, 0) is 17.9 Å². The summed E-state index contributed by atoms with van der Waals surface area (Å²) in [5.74, 6) is -0.0380. The molecule has 0 saturated carbocycles. The molecule has 0 aliphatic carbocycles. The first-order chi connectivity index (χ1) is 19.9. The Hall–Kier alpha value is -3.67. The number of amides is 2. The number of allylic oxidation sites excluding steroid dienone is 1. The standard InChI is InChI=1S/C33H41ClN6O2/c1-21(2)16-25(18-35)31(42)39-15-7-8-27(39)20-40-29-14-9-23(19-36-22(3)33(4,5)6)17-28(29)37-32(40)38-30(41)24-10-12-26(34)13-11-24/h9-14,16-17,21-22,27,36H,7-8,15,19-20H2,1-6H3,(H,37,38,41). The molecule has 2 unspecified atom stereocenters. The number of nitriles is 1. The average molecular weight is 589 g/mol. The Kier molecular flexibility index (Phi) is 9.75. The van der Waals surface area contributed by atoms with Gasteiger partial charge in [0.2, 0.25) is 5.95 Å². The van der Waals surface area contributed by atoms with Crippen molar-refractivity contribution in [1.29, 1.82) is 5.26 Å². The minimum Gasteiger partial charge on any atom is -0.333 e. The van der Waals surface area contributed by atoms with E-state index in [1.807, 2.05) is 30.5 Å². The lowest BCUT2D eigenvalue weighted by atomic mass is 9.88. The van der Waals surface area contributed by atoms with Gasteiger partial charge in [-0.3, -0.25) is 14.9 Å². The van der Waals surface area contributed by atoms with Crippen molar-refractivity contribution in [3.05, 3.63) is 70.3 Å². The molecule has 2 heterocycles. The maximum Gasteiger partial charge on any atom is 0.264 e. The molecule has 8 nitrogen and oxygen atoms in total. The van der Waals surface area contributed by atoms with Gasteiger partial charge in [-0.25, -0.2) is 4.98 Å². The van der Waals surface area contributed by atoms with E-state index in [0.29, 0.717) is 42.2 Å². The Morgan fingerprint density at radius 3 is 2.52 bits per heavy atom. The van der Waals surface area contributed by atoms with Gasteiger partial charge < -0.3 is 14.8 Å². The molecule has 1 aliphatic heterocycles. The molecule has 1 fully saturated rings. The average Bonchev–Trinajstić information content (AvgIpc) is 3.54. The number of hydrogen-bond donors (Lipinski definition) is 2. The normalized spacial score (nSPS) is 16.6. The highest BCUT2D eigenvalue weighted by atomic mass is 35.5. The number of aromatic nitrogens is 2. The van der Waals surface area contributed by atoms with Crippen LogP contribution in [0, 0.1) is 22.7 Å². The van der Waals surface area contributed by atoms with E-state index >= 15 is 0 Å². The molecule has 1 aromatic heterocycles. The predicted molar refractivity (Wildman–Crippen MR) is 168 cm³/mol. The molecular weight excluding hydrogens is 548 g/mol. The van der Waals surface area contributed by atoms with Gasteiger partial charge in [0.05, 0.1) is 17.1 Å². The molecule has 0 radical (unpaired) electrons. The van der Waals surface area contributed by atoms with Crippen molar-refractivity contribution in [2.24, 2.45) is 11.3 Å². The van der Waals surface area contributed by atoms with Crippen LogP contribution < -0.4 is 10.6 Å². The van der Waals surface area contributed by atoms with Crippen LogP contribution in [0.5, 0.6) is 0 Å². The lowest BCUT2D eigenvalue weighted by Gasteiger charge is -2.28. The number of anilines is 1. The molecule has 2 aromatic carbocycles. The Labute approximate surface area is 253 Å². The van der Waals surface area contributed by atoms with Gasteiger partial charge in [0.15, 0.2) is 0 Å². The van der Waals surface area contributed by atoms with Crippen molar-refractivity contribution >= 4 is 40.4 Å². The summed E-state index contributed by atoms with van der Waals surface area (Å²) in [7, 11) is 0. The van der Waals surface area contributed by atoms with Crippen molar-refractivity contribution in [1.82, 2.24) is 19.8 Å². The summed E-state index contributed by atoms with van der Waals surface area (Å²) < 4.78 is 1.98. The summed E-state index contributed by atoms with van der Waals surface area (Å²) in [6, 6.07) is 15.1. The first kappa shape index (κ1) is 31.3. The zero-order chi connectivity index (χ0) is 30.6. The lowest BCUT2D eigenvalue weighted by molar-refractivity contribution is -0.127. The van der Waals surface area contributed by atoms with Crippen LogP contribution in [0.3, 0.4) is 0 Å². The van der Waals surface area contributed by atoms with Crippen LogP contribution >= 0.6 is 11.6 Å². The first-order valence-corrected chi connectivity index (χ1v) is 15.0. The van der Waals surface area contributed by atoms with Crippen LogP contribution in [0.4, 0.5) is 5.95 Å². The van der Waals surface area contributed by atoms with Gasteiger partial charge in [-0.2, -0.15) is 5.26 Å². The van der Waals surface area contributed by atoms with Crippen LogP contribution in [0.15, 0.2) is 54.1 Å². The molecule has 2 amide bonds. The number of rotatable bonds is 9. The third kappa shape index (κ3) is 7.39. The van der Waals surface area contributed by atoms with Gasteiger partial charge in [0.25, 0.3) is 11.8 Å². The molecule has 2 N–H and O–H groups in total. The molecule has 1 saturated heterocycles. The Morgan fingerprint density at radius 1 is 1.17 bits per heavy atom. The highest BCUT2D eigenvalue weighted by molar-refractivity contribution is 6.30. The Morgan fingerprint density at radius 2 is 1.88 bits per heavy atom. The van der Waals surface area contributed by atoms with Gasteiger partial charge in [0, 0.05) is 36.3 Å². The number of likely N-dealkylation sites (tertiary alicyclic amines) is 1. The summed E-state index contributed by atoms with van der Waals surface area (Å²) >= 11 is 6.03.